The number of hydrogen-bond donors (Lipinski definition) is 0. The van der Waals surface area contributed by atoms with Crippen LogP contribution in [0.2, 0.25) is 0 Å². The van der Waals surface area contributed by atoms with E-state index >= 15 is 0 Å². The molecule has 0 spiro atoms. The summed E-state index contributed by atoms with van der Waals surface area (Å²) in [6.45, 7) is 2.63. The zero-order valence-corrected chi connectivity index (χ0v) is 10.1. The number of ether oxygens (including phenoxy) is 1. The number of rotatable bonds is 4. The van der Waals surface area contributed by atoms with Gasteiger partial charge in [-0.1, -0.05) is 12.1 Å². The topological polar surface area (TPSA) is 31.2 Å². The summed E-state index contributed by atoms with van der Waals surface area (Å²) in [5.74, 6) is 0.324. The molecule has 3 nitrogen and oxygen atoms in total. The Bertz CT molecular complexity index is 592. The largest absolute Gasteiger partial charge is 0.492 e. The standard InChI is InChI=1S/C14H14FNO2/c1-11-3-2-4-13(9-11)18-8-7-16-10-12(15)5-6-14(16)17/h2-6,9-10H,7-8H2,1H3. The van der Waals surface area contributed by atoms with Crippen LogP contribution in [0.25, 0.3) is 0 Å². The van der Waals surface area contributed by atoms with E-state index in [0.29, 0.717) is 13.2 Å². The fourth-order valence-corrected chi connectivity index (χ4v) is 1.64. The molecule has 0 radical (unpaired) electrons. The monoisotopic (exact) mass is 247 g/mol. The molecule has 0 bridgehead atoms. The Morgan fingerprint density at radius 3 is 2.89 bits per heavy atom. The van der Waals surface area contributed by atoms with Gasteiger partial charge in [0.15, 0.2) is 0 Å². The van der Waals surface area contributed by atoms with Gasteiger partial charge in [-0.05, 0) is 30.7 Å². The van der Waals surface area contributed by atoms with Crippen molar-refractivity contribution in [3.63, 3.8) is 0 Å². The van der Waals surface area contributed by atoms with E-state index in [4.69, 9.17) is 4.74 Å². The van der Waals surface area contributed by atoms with E-state index in [0.717, 1.165) is 17.4 Å². The second-order valence-corrected chi connectivity index (χ2v) is 4.04. The highest BCUT2D eigenvalue weighted by Gasteiger charge is 1.99. The van der Waals surface area contributed by atoms with Gasteiger partial charge >= 0.3 is 0 Å². The first-order chi connectivity index (χ1) is 8.65. The van der Waals surface area contributed by atoms with Gasteiger partial charge in [-0.15, -0.1) is 0 Å². The first-order valence-electron chi connectivity index (χ1n) is 5.70. The lowest BCUT2D eigenvalue weighted by atomic mass is 10.2. The number of halogens is 1. The Morgan fingerprint density at radius 2 is 2.11 bits per heavy atom. The molecule has 94 valence electrons. The maximum atomic E-state index is 12.9. The van der Waals surface area contributed by atoms with Gasteiger partial charge in [-0.3, -0.25) is 4.79 Å². The molecule has 0 amide bonds. The molecule has 0 unspecified atom stereocenters. The van der Waals surface area contributed by atoms with E-state index in [9.17, 15) is 9.18 Å². The zero-order valence-electron chi connectivity index (χ0n) is 10.1. The van der Waals surface area contributed by atoms with Crippen LogP contribution in [0.4, 0.5) is 4.39 Å². The predicted octanol–water partition coefficient (Wildman–Crippen LogP) is 2.37. The molecular weight excluding hydrogens is 233 g/mol. The third kappa shape index (κ3) is 3.20. The minimum Gasteiger partial charge on any atom is -0.492 e. The molecule has 0 atom stereocenters. The van der Waals surface area contributed by atoms with Gasteiger partial charge in [0.05, 0.1) is 6.54 Å². The predicted molar refractivity (Wildman–Crippen MR) is 67.3 cm³/mol. The number of hydrogen-bond acceptors (Lipinski definition) is 2. The highest BCUT2D eigenvalue weighted by Crippen LogP contribution is 2.12. The summed E-state index contributed by atoms with van der Waals surface area (Å²) in [5.41, 5.74) is 0.875. The minimum atomic E-state index is -0.426. The van der Waals surface area contributed by atoms with Gasteiger partial charge in [0.2, 0.25) is 0 Å². The molecule has 2 rings (SSSR count). The Kier molecular flexibility index (Phi) is 3.77. The maximum Gasteiger partial charge on any atom is 0.250 e. The van der Waals surface area contributed by atoms with Crippen LogP contribution in [-0.4, -0.2) is 11.2 Å². The van der Waals surface area contributed by atoms with Crippen molar-refractivity contribution in [2.75, 3.05) is 6.61 Å². The van der Waals surface area contributed by atoms with Crippen LogP contribution in [0.3, 0.4) is 0 Å². The summed E-state index contributed by atoms with van der Waals surface area (Å²) in [7, 11) is 0. The third-order valence-corrected chi connectivity index (χ3v) is 2.54. The van der Waals surface area contributed by atoms with Crippen molar-refractivity contribution in [1.29, 1.82) is 0 Å². The molecule has 0 aliphatic rings. The molecule has 1 aromatic carbocycles. The normalized spacial score (nSPS) is 10.3. The fraction of sp³-hybridized carbons (Fsp3) is 0.214. The molecule has 18 heavy (non-hydrogen) atoms. The van der Waals surface area contributed by atoms with Crippen LogP contribution in [0.1, 0.15) is 5.56 Å². The van der Waals surface area contributed by atoms with E-state index in [-0.39, 0.29) is 5.56 Å². The van der Waals surface area contributed by atoms with Crippen molar-refractivity contribution < 1.29 is 9.13 Å². The van der Waals surface area contributed by atoms with Gasteiger partial charge in [0.1, 0.15) is 18.2 Å². The van der Waals surface area contributed by atoms with E-state index < -0.39 is 5.82 Å². The van der Waals surface area contributed by atoms with Crippen LogP contribution in [0.5, 0.6) is 5.75 Å². The second-order valence-electron chi connectivity index (χ2n) is 4.04. The molecule has 0 saturated heterocycles. The van der Waals surface area contributed by atoms with E-state index in [2.05, 4.69) is 0 Å². The van der Waals surface area contributed by atoms with Crippen LogP contribution in [0, 0.1) is 12.7 Å². The van der Waals surface area contributed by atoms with Gasteiger partial charge in [0.25, 0.3) is 5.56 Å². The number of aromatic nitrogens is 1. The Balaban J connectivity index is 1.96. The summed E-state index contributed by atoms with van der Waals surface area (Å²) in [5, 5.41) is 0. The molecule has 1 aromatic heterocycles. The van der Waals surface area contributed by atoms with Crippen molar-refractivity contribution in [1.82, 2.24) is 4.57 Å². The highest BCUT2D eigenvalue weighted by atomic mass is 19.1. The van der Waals surface area contributed by atoms with Crippen LogP contribution >= 0.6 is 0 Å². The van der Waals surface area contributed by atoms with Crippen molar-refractivity contribution in [3.05, 3.63) is 64.3 Å². The summed E-state index contributed by atoms with van der Waals surface area (Å²) in [6, 6.07) is 10.0. The van der Waals surface area contributed by atoms with Gasteiger partial charge in [0, 0.05) is 12.3 Å². The maximum absolute atomic E-state index is 12.9. The van der Waals surface area contributed by atoms with Gasteiger partial charge in [-0.2, -0.15) is 0 Å². The zero-order chi connectivity index (χ0) is 13.0. The van der Waals surface area contributed by atoms with E-state index in [1.165, 1.54) is 16.8 Å². The average Bonchev–Trinajstić information content (AvgIpc) is 2.34. The first-order valence-corrected chi connectivity index (χ1v) is 5.70. The number of pyridine rings is 1. The Labute approximate surface area is 104 Å². The van der Waals surface area contributed by atoms with Crippen molar-refractivity contribution in [3.8, 4) is 5.75 Å². The smallest absolute Gasteiger partial charge is 0.250 e. The van der Waals surface area contributed by atoms with Gasteiger partial charge in [-0.25, -0.2) is 4.39 Å². The minimum absolute atomic E-state index is 0.232. The van der Waals surface area contributed by atoms with Crippen molar-refractivity contribution >= 4 is 0 Å². The Hall–Kier alpha value is -2.10. The molecule has 0 saturated carbocycles. The number of nitrogens with zero attached hydrogens (tertiary/aromatic N) is 1. The third-order valence-electron chi connectivity index (χ3n) is 2.54. The molecular formula is C14H14FNO2. The van der Waals surface area contributed by atoms with Gasteiger partial charge < -0.3 is 9.30 Å². The lowest BCUT2D eigenvalue weighted by molar-refractivity contribution is 0.295. The summed E-state index contributed by atoms with van der Waals surface area (Å²) in [6.07, 6.45) is 1.18. The highest BCUT2D eigenvalue weighted by molar-refractivity contribution is 5.27. The lowest BCUT2D eigenvalue weighted by Crippen LogP contribution is -2.22. The summed E-state index contributed by atoms with van der Waals surface area (Å²) >= 11 is 0. The fourth-order valence-electron chi connectivity index (χ4n) is 1.64. The molecule has 0 N–H and O–H groups in total. The second kappa shape index (κ2) is 5.49. The summed E-state index contributed by atoms with van der Waals surface area (Å²) < 4.78 is 19.7. The van der Waals surface area contributed by atoms with Crippen LogP contribution in [0.15, 0.2) is 47.4 Å². The molecule has 0 aliphatic carbocycles. The Morgan fingerprint density at radius 1 is 1.28 bits per heavy atom. The lowest BCUT2D eigenvalue weighted by Gasteiger charge is -2.08. The van der Waals surface area contributed by atoms with Crippen LogP contribution in [-0.2, 0) is 6.54 Å². The van der Waals surface area contributed by atoms with Crippen molar-refractivity contribution in [2.45, 2.75) is 13.5 Å². The SMILES string of the molecule is Cc1cccc(OCCn2cc(F)ccc2=O)c1. The number of benzene rings is 1. The quantitative estimate of drug-likeness (QED) is 0.830. The first kappa shape index (κ1) is 12.4. The number of aryl methyl sites for hydroxylation is 1. The van der Waals surface area contributed by atoms with Crippen LogP contribution < -0.4 is 10.3 Å². The van der Waals surface area contributed by atoms with E-state index in [1.54, 1.807) is 0 Å². The molecule has 0 fully saturated rings. The molecule has 4 heteroatoms. The average molecular weight is 247 g/mol. The van der Waals surface area contributed by atoms with Crippen molar-refractivity contribution in [2.24, 2.45) is 0 Å². The molecule has 2 aromatic rings. The van der Waals surface area contributed by atoms with E-state index in [1.807, 2.05) is 31.2 Å². The molecule has 1 heterocycles. The molecule has 0 aliphatic heterocycles. The summed E-state index contributed by atoms with van der Waals surface area (Å²) in [4.78, 5) is 11.4.